The van der Waals surface area contributed by atoms with Gasteiger partial charge < -0.3 is 15.8 Å². The number of halogens is 2. The summed E-state index contributed by atoms with van der Waals surface area (Å²) in [7, 11) is 1.47. The summed E-state index contributed by atoms with van der Waals surface area (Å²) in [6, 6.07) is 3.81. The molecule has 1 aromatic carbocycles. The Balaban J connectivity index is 0.00000324. The number of rotatable bonds is 6. The van der Waals surface area contributed by atoms with E-state index in [-0.39, 0.29) is 24.9 Å². The van der Waals surface area contributed by atoms with Crippen LogP contribution in [0.3, 0.4) is 0 Å². The lowest BCUT2D eigenvalue weighted by Gasteiger charge is -2.11. The van der Waals surface area contributed by atoms with E-state index in [1.54, 1.807) is 6.07 Å². The van der Waals surface area contributed by atoms with Crippen molar-refractivity contribution in [1.82, 2.24) is 5.32 Å². The van der Waals surface area contributed by atoms with Gasteiger partial charge in [0.25, 0.3) is 0 Å². The molecule has 0 aliphatic carbocycles. The second-order valence-electron chi connectivity index (χ2n) is 4.11. The predicted octanol–water partition coefficient (Wildman–Crippen LogP) is 2.00. The van der Waals surface area contributed by atoms with Crippen molar-refractivity contribution in [3.05, 3.63) is 29.6 Å². The molecule has 4 nitrogen and oxygen atoms in total. The first-order valence-corrected chi connectivity index (χ1v) is 5.93. The second kappa shape index (κ2) is 8.72. The number of nitrogens with one attached hydrogen (secondary N) is 1. The summed E-state index contributed by atoms with van der Waals surface area (Å²) in [5, 5.41) is 2.68. The lowest BCUT2D eigenvalue weighted by Crippen LogP contribution is -2.40. The first-order valence-electron chi connectivity index (χ1n) is 5.93. The number of hydrogen-bond donors (Lipinski definition) is 2. The van der Waals surface area contributed by atoms with Gasteiger partial charge in [0.1, 0.15) is 11.6 Å². The monoisotopic (exact) mass is 290 g/mol. The predicted molar refractivity (Wildman–Crippen MR) is 74.9 cm³/mol. The number of benzene rings is 1. The molecule has 0 aromatic heterocycles. The smallest absolute Gasteiger partial charge is 0.237 e. The van der Waals surface area contributed by atoms with Gasteiger partial charge in [-0.1, -0.05) is 13.3 Å². The Bertz CT molecular complexity index is 416. The SMILES string of the molecule is CCCC(N)C(=O)NCc1cc(F)cc(OC)c1.Cl. The third kappa shape index (κ3) is 5.89. The first kappa shape index (κ1) is 17.7. The van der Waals surface area contributed by atoms with Crippen LogP contribution in [-0.4, -0.2) is 19.1 Å². The van der Waals surface area contributed by atoms with Crippen LogP contribution in [-0.2, 0) is 11.3 Å². The third-order valence-corrected chi connectivity index (χ3v) is 2.57. The molecule has 0 saturated heterocycles. The molecular weight excluding hydrogens is 271 g/mol. The van der Waals surface area contributed by atoms with Crippen molar-refractivity contribution in [3.8, 4) is 5.75 Å². The molecule has 0 fully saturated rings. The van der Waals surface area contributed by atoms with Crippen molar-refractivity contribution >= 4 is 18.3 Å². The number of nitrogens with two attached hydrogens (primary N) is 1. The number of carbonyl (C=O) groups is 1. The van der Waals surface area contributed by atoms with Crippen LogP contribution in [0.5, 0.6) is 5.75 Å². The molecule has 0 aliphatic rings. The number of ether oxygens (including phenoxy) is 1. The van der Waals surface area contributed by atoms with Gasteiger partial charge in [0.05, 0.1) is 13.2 Å². The van der Waals surface area contributed by atoms with Gasteiger partial charge in [-0.15, -0.1) is 12.4 Å². The minimum Gasteiger partial charge on any atom is -0.497 e. The van der Waals surface area contributed by atoms with Crippen LogP contribution < -0.4 is 15.8 Å². The van der Waals surface area contributed by atoms with Crippen molar-refractivity contribution in [3.63, 3.8) is 0 Å². The summed E-state index contributed by atoms with van der Waals surface area (Å²) in [4.78, 5) is 11.6. The van der Waals surface area contributed by atoms with Crippen LogP contribution in [0.4, 0.5) is 4.39 Å². The van der Waals surface area contributed by atoms with E-state index in [0.29, 0.717) is 17.7 Å². The molecule has 3 N–H and O–H groups in total. The summed E-state index contributed by atoms with van der Waals surface area (Å²) in [5.41, 5.74) is 6.31. The molecule has 1 atom stereocenters. The van der Waals surface area contributed by atoms with Crippen molar-refractivity contribution in [2.75, 3.05) is 7.11 Å². The maximum atomic E-state index is 13.2. The van der Waals surface area contributed by atoms with E-state index in [0.717, 1.165) is 6.42 Å². The van der Waals surface area contributed by atoms with Crippen LogP contribution in [0.1, 0.15) is 25.3 Å². The van der Waals surface area contributed by atoms with Gasteiger partial charge in [-0.2, -0.15) is 0 Å². The van der Waals surface area contributed by atoms with E-state index in [9.17, 15) is 9.18 Å². The van der Waals surface area contributed by atoms with E-state index < -0.39 is 11.9 Å². The molecule has 1 rings (SSSR count). The largest absolute Gasteiger partial charge is 0.497 e. The van der Waals surface area contributed by atoms with Gasteiger partial charge in [-0.05, 0) is 24.1 Å². The van der Waals surface area contributed by atoms with Crippen LogP contribution in [0.15, 0.2) is 18.2 Å². The van der Waals surface area contributed by atoms with Crippen LogP contribution >= 0.6 is 12.4 Å². The average molecular weight is 291 g/mol. The van der Waals surface area contributed by atoms with Gasteiger partial charge >= 0.3 is 0 Å². The molecule has 6 heteroatoms. The molecule has 1 amide bonds. The lowest BCUT2D eigenvalue weighted by molar-refractivity contribution is -0.122. The quantitative estimate of drug-likeness (QED) is 0.842. The zero-order chi connectivity index (χ0) is 13.5. The van der Waals surface area contributed by atoms with E-state index in [1.165, 1.54) is 19.2 Å². The molecule has 108 valence electrons. The molecule has 0 bridgehead atoms. The number of carbonyl (C=O) groups excluding carboxylic acids is 1. The molecule has 19 heavy (non-hydrogen) atoms. The summed E-state index contributed by atoms with van der Waals surface area (Å²) in [6.07, 6.45) is 1.49. The normalized spacial score (nSPS) is 11.4. The zero-order valence-electron chi connectivity index (χ0n) is 11.1. The Morgan fingerprint density at radius 3 is 2.74 bits per heavy atom. The van der Waals surface area contributed by atoms with Crippen molar-refractivity contribution in [2.24, 2.45) is 5.73 Å². The molecule has 0 heterocycles. The third-order valence-electron chi connectivity index (χ3n) is 2.57. The molecule has 1 aromatic rings. The summed E-state index contributed by atoms with van der Waals surface area (Å²) in [6.45, 7) is 2.20. The fourth-order valence-electron chi connectivity index (χ4n) is 1.60. The Morgan fingerprint density at radius 2 is 2.16 bits per heavy atom. The number of amides is 1. The molecule has 0 saturated carbocycles. The number of methoxy groups -OCH3 is 1. The first-order chi connectivity index (χ1) is 8.56. The topological polar surface area (TPSA) is 64.4 Å². The molecule has 0 spiro atoms. The van der Waals surface area contributed by atoms with Gasteiger partial charge in [-0.25, -0.2) is 4.39 Å². The Morgan fingerprint density at radius 1 is 1.47 bits per heavy atom. The average Bonchev–Trinajstić information content (AvgIpc) is 2.35. The lowest BCUT2D eigenvalue weighted by atomic mass is 10.1. The van der Waals surface area contributed by atoms with Crippen molar-refractivity contribution in [2.45, 2.75) is 32.4 Å². The maximum absolute atomic E-state index is 13.2. The molecule has 1 unspecified atom stereocenters. The second-order valence-corrected chi connectivity index (χ2v) is 4.11. The van der Waals surface area contributed by atoms with E-state index in [2.05, 4.69) is 5.32 Å². The Hall–Kier alpha value is -1.33. The van der Waals surface area contributed by atoms with E-state index in [1.807, 2.05) is 6.92 Å². The zero-order valence-corrected chi connectivity index (χ0v) is 11.9. The highest BCUT2D eigenvalue weighted by atomic mass is 35.5. The minimum atomic E-state index is -0.509. The Labute approximate surface area is 118 Å². The highest BCUT2D eigenvalue weighted by molar-refractivity contribution is 5.85. The Kier molecular flexibility index (Phi) is 8.11. The standard InChI is InChI=1S/C13H19FN2O2.ClH/c1-3-4-12(15)13(17)16-8-9-5-10(14)7-11(6-9)18-2;/h5-7,12H,3-4,8,15H2,1-2H3,(H,16,17);1H. The van der Waals surface area contributed by atoms with Crippen LogP contribution in [0.2, 0.25) is 0 Å². The van der Waals surface area contributed by atoms with Gasteiger partial charge in [0.2, 0.25) is 5.91 Å². The van der Waals surface area contributed by atoms with Gasteiger partial charge in [0, 0.05) is 12.6 Å². The molecule has 0 aliphatic heterocycles. The van der Waals surface area contributed by atoms with Gasteiger partial charge in [0.15, 0.2) is 0 Å². The highest BCUT2D eigenvalue weighted by Gasteiger charge is 2.11. The van der Waals surface area contributed by atoms with E-state index in [4.69, 9.17) is 10.5 Å². The van der Waals surface area contributed by atoms with Crippen molar-refractivity contribution in [1.29, 1.82) is 0 Å². The fourth-order valence-corrected chi connectivity index (χ4v) is 1.60. The van der Waals surface area contributed by atoms with Crippen molar-refractivity contribution < 1.29 is 13.9 Å². The summed E-state index contributed by atoms with van der Waals surface area (Å²) < 4.78 is 18.2. The van der Waals surface area contributed by atoms with Crippen LogP contribution in [0, 0.1) is 5.82 Å². The summed E-state index contributed by atoms with van der Waals surface area (Å²) >= 11 is 0. The number of hydrogen-bond acceptors (Lipinski definition) is 3. The fraction of sp³-hybridized carbons (Fsp3) is 0.462. The van der Waals surface area contributed by atoms with Crippen LogP contribution in [0.25, 0.3) is 0 Å². The minimum absolute atomic E-state index is 0. The van der Waals surface area contributed by atoms with Gasteiger partial charge in [-0.3, -0.25) is 4.79 Å². The molecule has 0 radical (unpaired) electrons. The summed E-state index contributed by atoms with van der Waals surface area (Å²) in [5.74, 6) is -0.186. The maximum Gasteiger partial charge on any atom is 0.237 e. The van der Waals surface area contributed by atoms with E-state index >= 15 is 0 Å². The highest BCUT2D eigenvalue weighted by Crippen LogP contribution is 2.15. The molecular formula is C13H20ClFN2O2.